The maximum absolute atomic E-state index is 11.0. The van der Waals surface area contributed by atoms with Crippen molar-refractivity contribution in [3.05, 3.63) is 10.1 Å². The summed E-state index contributed by atoms with van der Waals surface area (Å²) in [6, 6.07) is -0.571. The fraction of sp³-hybridized carbons (Fsp3) is 1.00. The average molecular weight is 208 g/mol. The summed E-state index contributed by atoms with van der Waals surface area (Å²) in [5.41, 5.74) is 0. The Balaban J connectivity index is 2.53. The molecule has 0 spiro atoms. The molecule has 1 aliphatic rings. The smallest absolute Gasteiger partial charge is 0.215 e. The van der Waals surface area contributed by atoms with Crippen molar-refractivity contribution in [1.82, 2.24) is 4.31 Å². The highest BCUT2D eigenvalue weighted by atomic mass is 32.2. The molecule has 0 N–H and O–H groups in total. The highest BCUT2D eigenvalue weighted by Gasteiger charge is 2.30. The van der Waals surface area contributed by atoms with Gasteiger partial charge in [-0.15, -0.1) is 0 Å². The van der Waals surface area contributed by atoms with Crippen LogP contribution in [0.3, 0.4) is 0 Å². The second-order valence-corrected chi connectivity index (χ2v) is 5.16. The molecule has 13 heavy (non-hydrogen) atoms. The Bertz CT molecular complexity index is 292. The maximum Gasteiger partial charge on any atom is 0.215 e. The van der Waals surface area contributed by atoms with E-state index in [1.54, 1.807) is 0 Å². The molecular formula is C6H12N2O4S. The zero-order valence-electron chi connectivity index (χ0n) is 7.34. The molecule has 1 saturated heterocycles. The predicted molar refractivity (Wildman–Crippen MR) is 46.4 cm³/mol. The lowest BCUT2D eigenvalue weighted by molar-refractivity contribution is -0.526. The van der Waals surface area contributed by atoms with Crippen LogP contribution >= 0.6 is 0 Å². The first kappa shape index (κ1) is 10.4. The molecule has 6 nitrogen and oxygen atoms in total. The third-order valence-electron chi connectivity index (χ3n) is 2.19. The number of rotatable bonds is 2. The summed E-state index contributed by atoms with van der Waals surface area (Å²) >= 11 is 0. The third-order valence-corrected chi connectivity index (χ3v) is 3.49. The van der Waals surface area contributed by atoms with Gasteiger partial charge in [-0.3, -0.25) is 10.1 Å². The SMILES string of the molecule is CS(=O)(=O)N1CCC([N+](=O)[O-])CC1. The van der Waals surface area contributed by atoms with E-state index in [0.717, 1.165) is 6.26 Å². The van der Waals surface area contributed by atoms with Crippen LogP contribution in [0.5, 0.6) is 0 Å². The molecule has 0 aromatic carbocycles. The van der Waals surface area contributed by atoms with Crippen molar-refractivity contribution < 1.29 is 13.3 Å². The first-order valence-electron chi connectivity index (χ1n) is 4.00. The van der Waals surface area contributed by atoms with Crippen molar-refractivity contribution in [3.63, 3.8) is 0 Å². The average Bonchev–Trinajstić information content (AvgIpc) is 2.03. The number of nitro groups is 1. The van der Waals surface area contributed by atoms with Gasteiger partial charge in [-0.2, -0.15) is 0 Å². The highest BCUT2D eigenvalue weighted by molar-refractivity contribution is 7.88. The van der Waals surface area contributed by atoms with E-state index in [0.29, 0.717) is 12.8 Å². The van der Waals surface area contributed by atoms with Crippen molar-refractivity contribution in [2.75, 3.05) is 19.3 Å². The van der Waals surface area contributed by atoms with Gasteiger partial charge in [0, 0.05) is 30.9 Å². The van der Waals surface area contributed by atoms with E-state index in [-0.39, 0.29) is 18.0 Å². The number of hydrogen-bond acceptors (Lipinski definition) is 4. The first-order valence-corrected chi connectivity index (χ1v) is 5.84. The van der Waals surface area contributed by atoms with Gasteiger partial charge in [0.15, 0.2) is 0 Å². The fourth-order valence-corrected chi connectivity index (χ4v) is 2.26. The second kappa shape index (κ2) is 3.59. The summed E-state index contributed by atoms with van der Waals surface area (Å²) in [6.07, 6.45) is 1.76. The summed E-state index contributed by atoms with van der Waals surface area (Å²) < 4.78 is 23.3. The maximum atomic E-state index is 11.0. The molecule has 0 bridgehead atoms. The Morgan fingerprint density at radius 2 is 1.85 bits per heavy atom. The van der Waals surface area contributed by atoms with Gasteiger partial charge in [0.05, 0.1) is 6.26 Å². The summed E-state index contributed by atoms with van der Waals surface area (Å²) in [5.74, 6) is 0. The van der Waals surface area contributed by atoms with Crippen molar-refractivity contribution in [2.45, 2.75) is 18.9 Å². The van der Waals surface area contributed by atoms with Crippen LogP contribution in [-0.4, -0.2) is 43.0 Å². The van der Waals surface area contributed by atoms with E-state index in [1.807, 2.05) is 0 Å². The summed E-state index contributed by atoms with van der Waals surface area (Å²) in [4.78, 5) is 10.0. The molecule has 0 amide bonds. The number of sulfonamides is 1. The predicted octanol–water partition coefficient (Wildman–Crippen LogP) is -0.313. The minimum Gasteiger partial charge on any atom is -0.264 e. The topological polar surface area (TPSA) is 80.5 Å². The minimum atomic E-state index is -3.16. The zero-order valence-corrected chi connectivity index (χ0v) is 8.16. The molecule has 0 saturated carbocycles. The molecule has 76 valence electrons. The lowest BCUT2D eigenvalue weighted by atomic mass is 10.1. The first-order chi connectivity index (χ1) is 5.91. The van der Waals surface area contributed by atoms with Crippen LogP contribution in [0, 0.1) is 10.1 Å². The molecule has 0 aromatic heterocycles. The van der Waals surface area contributed by atoms with Crippen LogP contribution in [0.2, 0.25) is 0 Å². The molecule has 0 atom stereocenters. The van der Waals surface area contributed by atoms with Crippen molar-refractivity contribution in [1.29, 1.82) is 0 Å². The number of nitrogens with zero attached hydrogens (tertiary/aromatic N) is 2. The molecule has 1 aliphatic heterocycles. The van der Waals surface area contributed by atoms with E-state index in [2.05, 4.69) is 0 Å². The normalized spacial score (nSPS) is 21.6. The van der Waals surface area contributed by atoms with E-state index in [4.69, 9.17) is 0 Å². The Morgan fingerprint density at radius 3 is 2.15 bits per heavy atom. The monoisotopic (exact) mass is 208 g/mol. The molecule has 1 rings (SSSR count). The van der Waals surface area contributed by atoms with E-state index in [1.165, 1.54) is 4.31 Å². The molecule has 0 aliphatic carbocycles. The molecule has 7 heteroatoms. The van der Waals surface area contributed by atoms with E-state index < -0.39 is 16.1 Å². The largest absolute Gasteiger partial charge is 0.264 e. The lowest BCUT2D eigenvalue weighted by Gasteiger charge is -2.25. The summed E-state index contributed by atoms with van der Waals surface area (Å²) in [7, 11) is -3.16. The molecular weight excluding hydrogens is 196 g/mol. The van der Waals surface area contributed by atoms with Gasteiger partial charge in [0.25, 0.3) is 0 Å². The molecule has 1 heterocycles. The van der Waals surface area contributed by atoms with Gasteiger partial charge in [-0.25, -0.2) is 12.7 Å². The van der Waals surface area contributed by atoms with Gasteiger partial charge in [-0.05, 0) is 0 Å². The lowest BCUT2D eigenvalue weighted by Crippen LogP contribution is -2.41. The van der Waals surface area contributed by atoms with E-state index >= 15 is 0 Å². The van der Waals surface area contributed by atoms with Crippen LogP contribution in [0.4, 0.5) is 0 Å². The summed E-state index contributed by atoms with van der Waals surface area (Å²) in [6.45, 7) is 0.537. The van der Waals surface area contributed by atoms with Gasteiger partial charge in [-0.1, -0.05) is 0 Å². The van der Waals surface area contributed by atoms with Crippen LogP contribution in [0.1, 0.15) is 12.8 Å². The van der Waals surface area contributed by atoms with Crippen molar-refractivity contribution >= 4 is 10.0 Å². The molecule has 1 fully saturated rings. The molecule has 0 radical (unpaired) electrons. The Morgan fingerprint density at radius 1 is 1.38 bits per heavy atom. The van der Waals surface area contributed by atoms with Gasteiger partial charge in [0.2, 0.25) is 16.1 Å². The third kappa shape index (κ3) is 2.63. The van der Waals surface area contributed by atoms with Crippen LogP contribution in [0.25, 0.3) is 0 Å². The van der Waals surface area contributed by atoms with Crippen LogP contribution in [0.15, 0.2) is 0 Å². The van der Waals surface area contributed by atoms with Crippen LogP contribution < -0.4 is 0 Å². The highest BCUT2D eigenvalue weighted by Crippen LogP contribution is 2.14. The quantitative estimate of drug-likeness (QED) is 0.460. The Hall–Kier alpha value is -0.690. The Labute approximate surface area is 76.7 Å². The van der Waals surface area contributed by atoms with Gasteiger partial charge >= 0.3 is 0 Å². The van der Waals surface area contributed by atoms with E-state index in [9.17, 15) is 18.5 Å². The van der Waals surface area contributed by atoms with Crippen LogP contribution in [-0.2, 0) is 10.0 Å². The van der Waals surface area contributed by atoms with Crippen molar-refractivity contribution in [3.8, 4) is 0 Å². The van der Waals surface area contributed by atoms with Gasteiger partial charge in [0.1, 0.15) is 0 Å². The standard InChI is InChI=1S/C6H12N2O4S/c1-13(11,12)7-4-2-6(3-5-7)8(9)10/h6H,2-5H2,1H3. The molecule has 0 aromatic rings. The fourth-order valence-electron chi connectivity index (χ4n) is 1.38. The van der Waals surface area contributed by atoms with Gasteiger partial charge < -0.3 is 0 Å². The number of piperidine rings is 1. The summed E-state index contributed by atoms with van der Waals surface area (Å²) in [5, 5.41) is 10.3. The minimum absolute atomic E-state index is 0.268. The Kier molecular flexibility index (Phi) is 2.87. The van der Waals surface area contributed by atoms with Crippen molar-refractivity contribution in [2.24, 2.45) is 0 Å². The second-order valence-electron chi connectivity index (χ2n) is 3.18. The zero-order chi connectivity index (χ0) is 10.1. The number of hydrogen-bond donors (Lipinski definition) is 0. The molecule has 0 unspecified atom stereocenters.